The molecule has 1 atom stereocenters. The zero-order valence-corrected chi connectivity index (χ0v) is 17.4. The van der Waals surface area contributed by atoms with E-state index in [-0.39, 0.29) is 23.1 Å². The molecule has 24 heavy (non-hydrogen) atoms. The highest BCUT2D eigenvalue weighted by Crippen LogP contribution is 2.26. The number of anilines is 1. The number of nitrogens with one attached hydrogen (secondary N) is 2. The molecule has 0 bridgehead atoms. The maximum atomic E-state index is 12.0. The Kier molecular flexibility index (Phi) is 16.6. The van der Waals surface area contributed by atoms with Crippen molar-refractivity contribution in [1.82, 2.24) is 0 Å². The van der Waals surface area contributed by atoms with Crippen molar-refractivity contribution in [3.8, 4) is 0 Å². The van der Waals surface area contributed by atoms with Crippen LogP contribution in [0.2, 0.25) is 0 Å². The van der Waals surface area contributed by atoms with Gasteiger partial charge in [0.2, 0.25) is 5.91 Å². The van der Waals surface area contributed by atoms with Gasteiger partial charge in [-0.2, -0.15) is 0 Å². The van der Waals surface area contributed by atoms with Crippen LogP contribution in [0.15, 0.2) is 24.3 Å². The van der Waals surface area contributed by atoms with Gasteiger partial charge in [-0.05, 0) is 29.7 Å². The summed E-state index contributed by atoms with van der Waals surface area (Å²) in [6.07, 6.45) is 0. The quantitative estimate of drug-likeness (QED) is 0.491. The molecule has 0 saturated carbocycles. The van der Waals surface area contributed by atoms with Gasteiger partial charge < -0.3 is 11.1 Å². The van der Waals surface area contributed by atoms with Crippen molar-refractivity contribution in [3.63, 3.8) is 0 Å². The number of hydrogen-bond donors (Lipinski definition) is 3. The molecule has 4 heteroatoms. The fourth-order valence-electron chi connectivity index (χ4n) is 1.38. The van der Waals surface area contributed by atoms with Crippen LogP contribution >= 0.6 is 0 Å². The van der Waals surface area contributed by atoms with Crippen LogP contribution in [0.1, 0.15) is 74.8 Å². The SMILES string of the molecule is CC.CC.CC.CC(C(=O)Nc1ccc(C(=N)N)cc1)C(C)(C)C. The lowest BCUT2D eigenvalue weighted by Crippen LogP contribution is -2.30. The molecule has 1 unspecified atom stereocenters. The Bertz CT molecular complexity index is 445. The minimum atomic E-state index is -0.0787. The minimum absolute atomic E-state index is 0.00178. The normalized spacial score (nSPS) is 10.4. The van der Waals surface area contributed by atoms with Gasteiger partial charge in [0.15, 0.2) is 0 Å². The molecule has 4 N–H and O–H groups in total. The molecular weight excluding hydrogens is 298 g/mol. The van der Waals surface area contributed by atoms with E-state index in [4.69, 9.17) is 11.1 Å². The molecule has 0 radical (unpaired) electrons. The highest BCUT2D eigenvalue weighted by molar-refractivity contribution is 5.96. The Morgan fingerprint density at radius 3 is 1.67 bits per heavy atom. The average Bonchev–Trinajstić information content (AvgIpc) is 2.59. The first kappa shape index (κ1) is 27.0. The van der Waals surface area contributed by atoms with Crippen LogP contribution in [0.3, 0.4) is 0 Å². The Morgan fingerprint density at radius 2 is 1.38 bits per heavy atom. The molecule has 0 spiro atoms. The van der Waals surface area contributed by atoms with E-state index in [2.05, 4.69) is 5.32 Å². The molecule has 0 saturated heterocycles. The number of nitrogens with two attached hydrogens (primary N) is 1. The van der Waals surface area contributed by atoms with Crippen LogP contribution < -0.4 is 11.1 Å². The Labute approximate surface area is 149 Å². The zero-order chi connectivity index (χ0) is 19.9. The molecule has 4 nitrogen and oxygen atoms in total. The summed E-state index contributed by atoms with van der Waals surface area (Å²) in [5.74, 6) is -0.0565. The van der Waals surface area contributed by atoms with Crippen LogP contribution in [0.4, 0.5) is 5.69 Å². The van der Waals surface area contributed by atoms with E-state index in [1.165, 1.54) is 0 Å². The fourth-order valence-corrected chi connectivity index (χ4v) is 1.38. The van der Waals surface area contributed by atoms with Gasteiger partial charge in [0.1, 0.15) is 5.84 Å². The molecule has 1 aromatic carbocycles. The molecule has 1 aromatic rings. The lowest BCUT2D eigenvalue weighted by Gasteiger charge is -2.26. The van der Waals surface area contributed by atoms with Crippen LogP contribution in [0, 0.1) is 16.7 Å². The van der Waals surface area contributed by atoms with Crippen molar-refractivity contribution in [2.24, 2.45) is 17.1 Å². The van der Waals surface area contributed by atoms with Crippen molar-refractivity contribution < 1.29 is 4.79 Å². The monoisotopic (exact) mass is 337 g/mol. The third-order valence-corrected chi connectivity index (χ3v) is 3.16. The highest BCUT2D eigenvalue weighted by Gasteiger charge is 2.26. The number of hydrogen-bond acceptors (Lipinski definition) is 2. The van der Waals surface area contributed by atoms with Crippen molar-refractivity contribution in [2.75, 3.05) is 5.32 Å². The predicted octanol–water partition coefficient (Wildman–Crippen LogP) is 5.67. The molecule has 0 aromatic heterocycles. The van der Waals surface area contributed by atoms with Crippen molar-refractivity contribution in [1.29, 1.82) is 5.41 Å². The van der Waals surface area contributed by atoms with Gasteiger partial charge in [0.05, 0.1) is 0 Å². The van der Waals surface area contributed by atoms with E-state index in [1.807, 2.05) is 69.2 Å². The average molecular weight is 338 g/mol. The second-order valence-corrected chi connectivity index (χ2v) is 5.57. The molecule has 0 fully saturated rings. The van der Waals surface area contributed by atoms with E-state index in [9.17, 15) is 4.79 Å². The van der Waals surface area contributed by atoms with Gasteiger partial charge in [0, 0.05) is 17.2 Å². The van der Waals surface area contributed by atoms with E-state index in [1.54, 1.807) is 24.3 Å². The third kappa shape index (κ3) is 10.8. The Balaban J connectivity index is -0.000000659. The molecule has 140 valence electrons. The van der Waals surface area contributed by atoms with Crippen LogP contribution in [0.5, 0.6) is 0 Å². The number of carbonyl (C=O) groups is 1. The molecule has 0 aliphatic carbocycles. The summed E-state index contributed by atoms with van der Waals surface area (Å²) in [6.45, 7) is 20.0. The van der Waals surface area contributed by atoms with Gasteiger partial charge in [0.25, 0.3) is 0 Å². The van der Waals surface area contributed by atoms with E-state index >= 15 is 0 Å². The number of amidine groups is 1. The summed E-state index contributed by atoms with van der Waals surface area (Å²) < 4.78 is 0. The third-order valence-electron chi connectivity index (χ3n) is 3.16. The summed E-state index contributed by atoms with van der Waals surface area (Å²) in [5, 5.41) is 10.2. The van der Waals surface area contributed by atoms with Crippen LogP contribution in [0.25, 0.3) is 0 Å². The van der Waals surface area contributed by atoms with Gasteiger partial charge in [-0.25, -0.2) is 0 Å². The number of rotatable bonds is 3. The lowest BCUT2D eigenvalue weighted by atomic mass is 9.81. The minimum Gasteiger partial charge on any atom is -0.384 e. The maximum absolute atomic E-state index is 12.0. The van der Waals surface area contributed by atoms with Gasteiger partial charge in [-0.1, -0.05) is 69.2 Å². The largest absolute Gasteiger partial charge is 0.384 e. The molecule has 0 aliphatic heterocycles. The lowest BCUT2D eigenvalue weighted by molar-refractivity contribution is -0.122. The number of benzene rings is 1. The van der Waals surface area contributed by atoms with Crippen molar-refractivity contribution in [3.05, 3.63) is 29.8 Å². The fraction of sp³-hybridized carbons (Fsp3) is 0.600. The first-order valence-electron chi connectivity index (χ1n) is 8.97. The first-order chi connectivity index (χ1) is 11.2. The maximum Gasteiger partial charge on any atom is 0.227 e. The molecule has 0 aliphatic rings. The van der Waals surface area contributed by atoms with Crippen molar-refractivity contribution in [2.45, 2.75) is 69.2 Å². The predicted molar refractivity (Wildman–Crippen MR) is 109 cm³/mol. The molecular formula is C20H39N3O. The van der Waals surface area contributed by atoms with E-state index in [0.29, 0.717) is 5.56 Å². The topological polar surface area (TPSA) is 79.0 Å². The summed E-state index contributed by atoms with van der Waals surface area (Å²) >= 11 is 0. The summed E-state index contributed by atoms with van der Waals surface area (Å²) in [6, 6.07) is 6.95. The van der Waals surface area contributed by atoms with Gasteiger partial charge in [-0.15, -0.1) is 0 Å². The second-order valence-electron chi connectivity index (χ2n) is 5.57. The Hall–Kier alpha value is -1.84. The van der Waals surface area contributed by atoms with Gasteiger partial charge in [-0.3, -0.25) is 10.2 Å². The van der Waals surface area contributed by atoms with E-state index in [0.717, 1.165) is 5.69 Å². The molecule has 1 amide bonds. The highest BCUT2D eigenvalue weighted by atomic mass is 16.1. The summed E-state index contributed by atoms with van der Waals surface area (Å²) in [5.41, 5.74) is 6.67. The Morgan fingerprint density at radius 1 is 1.00 bits per heavy atom. The number of carbonyl (C=O) groups excluding carboxylic acids is 1. The standard InChI is InChI=1S/C14H21N3O.3C2H6/c1-9(14(2,3)4)13(18)17-11-7-5-10(6-8-11)12(15)16;3*1-2/h5-9H,1-4H3,(H3,15,16)(H,17,18);3*1-2H3. The molecule has 1 rings (SSSR count). The van der Waals surface area contributed by atoms with Crippen LogP contribution in [-0.4, -0.2) is 11.7 Å². The molecule has 0 heterocycles. The number of amides is 1. The van der Waals surface area contributed by atoms with E-state index < -0.39 is 0 Å². The number of nitrogen functional groups attached to an aromatic ring is 1. The smallest absolute Gasteiger partial charge is 0.227 e. The summed E-state index contributed by atoms with van der Waals surface area (Å²) in [4.78, 5) is 12.0. The van der Waals surface area contributed by atoms with Gasteiger partial charge >= 0.3 is 0 Å². The summed E-state index contributed by atoms with van der Waals surface area (Å²) in [7, 11) is 0. The zero-order valence-electron chi connectivity index (χ0n) is 17.4. The van der Waals surface area contributed by atoms with Crippen molar-refractivity contribution >= 4 is 17.4 Å². The first-order valence-corrected chi connectivity index (χ1v) is 8.97. The van der Waals surface area contributed by atoms with Crippen LogP contribution in [-0.2, 0) is 4.79 Å². The second kappa shape index (κ2) is 14.7.